The number of nitrogens with zero attached hydrogens (tertiary/aromatic N) is 1. The average molecular weight is 447 g/mol. The predicted octanol–water partition coefficient (Wildman–Crippen LogP) is 4.36. The van der Waals surface area contributed by atoms with Gasteiger partial charge in [-0.25, -0.2) is 4.39 Å². The number of hydrogen-bond acceptors (Lipinski definition) is 4. The third kappa shape index (κ3) is 5.69. The van der Waals surface area contributed by atoms with Crippen molar-refractivity contribution in [2.75, 3.05) is 13.2 Å². The quantitative estimate of drug-likeness (QED) is 0.520. The van der Waals surface area contributed by atoms with Crippen LogP contribution in [0.2, 0.25) is 18.1 Å². The van der Waals surface area contributed by atoms with Crippen molar-refractivity contribution in [1.29, 1.82) is 0 Å². The number of carbonyl (C=O) groups is 1. The minimum atomic E-state index is -1.83. The monoisotopic (exact) mass is 446 g/mol. The minimum absolute atomic E-state index is 0. The fourth-order valence-corrected chi connectivity index (χ4v) is 3.85. The molecule has 1 aliphatic heterocycles. The molecule has 4 nitrogen and oxygen atoms in total. The first-order chi connectivity index (χ1) is 11.5. The second-order valence-corrected chi connectivity index (χ2v) is 13.3. The van der Waals surface area contributed by atoms with Crippen LogP contribution >= 0.6 is 17.0 Å². The Morgan fingerprint density at radius 1 is 1.27 bits per heavy atom. The lowest BCUT2D eigenvalue weighted by atomic mass is 10.1. The molecule has 1 saturated heterocycles. The molecule has 0 saturated carbocycles. The van der Waals surface area contributed by atoms with Crippen LogP contribution in [0.4, 0.5) is 4.39 Å². The summed E-state index contributed by atoms with van der Waals surface area (Å²) in [4.78, 5) is 14.6. The van der Waals surface area contributed by atoms with Crippen molar-refractivity contribution in [1.82, 2.24) is 4.90 Å². The molecule has 1 heterocycles. The molecule has 1 unspecified atom stereocenters. The van der Waals surface area contributed by atoms with Crippen LogP contribution in [0.3, 0.4) is 0 Å². The molecule has 1 aliphatic rings. The Balaban J connectivity index is 0.00000338. The summed E-state index contributed by atoms with van der Waals surface area (Å²) in [6.07, 6.45) is 1.67. The second-order valence-electron chi connectivity index (χ2n) is 8.47. The van der Waals surface area contributed by atoms with Crippen molar-refractivity contribution in [2.24, 2.45) is 5.73 Å². The highest BCUT2D eigenvalue weighted by Crippen LogP contribution is 2.37. The van der Waals surface area contributed by atoms with Gasteiger partial charge in [0.1, 0.15) is 5.82 Å². The number of Topliss-reactive ketones (excluding diaryl/α,β-unsaturated/α-hetero) is 1. The molecule has 1 aromatic carbocycles. The van der Waals surface area contributed by atoms with Gasteiger partial charge in [0, 0.05) is 18.2 Å². The number of likely N-dealkylation sites (tertiary alicyclic amines) is 1. The highest BCUT2D eigenvalue weighted by atomic mass is 79.9. The Morgan fingerprint density at radius 3 is 2.38 bits per heavy atom. The van der Waals surface area contributed by atoms with Crippen LogP contribution in [0.15, 0.2) is 24.3 Å². The third-order valence-electron chi connectivity index (χ3n) is 5.63. The summed E-state index contributed by atoms with van der Waals surface area (Å²) >= 11 is 0. The van der Waals surface area contributed by atoms with E-state index in [0.717, 1.165) is 12.8 Å². The van der Waals surface area contributed by atoms with E-state index in [-0.39, 0.29) is 52.4 Å². The molecule has 0 amide bonds. The maximum absolute atomic E-state index is 13.0. The minimum Gasteiger partial charge on any atom is -0.415 e. The summed E-state index contributed by atoms with van der Waals surface area (Å²) in [6.45, 7) is 12.0. The Hall–Kier alpha value is -0.603. The van der Waals surface area contributed by atoms with Crippen molar-refractivity contribution in [2.45, 2.75) is 64.0 Å². The zero-order valence-corrected chi connectivity index (χ0v) is 19.1. The van der Waals surface area contributed by atoms with Crippen LogP contribution in [0, 0.1) is 5.82 Å². The average Bonchev–Trinajstić information content (AvgIpc) is 2.85. The van der Waals surface area contributed by atoms with Crippen molar-refractivity contribution in [3.8, 4) is 0 Å². The van der Waals surface area contributed by atoms with E-state index in [9.17, 15) is 9.18 Å². The molecule has 148 valence electrons. The summed E-state index contributed by atoms with van der Waals surface area (Å²) in [6, 6.07) is 5.85. The van der Waals surface area contributed by atoms with E-state index in [1.54, 1.807) is 0 Å². The number of nitrogens with two attached hydrogens (primary N) is 1. The van der Waals surface area contributed by atoms with Gasteiger partial charge in [-0.3, -0.25) is 9.69 Å². The molecule has 1 fully saturated rings. The van der Waals surface area contributed by atoms with Gasteiger partial charge in [-0.15, -0.1) is 17.0 Å². The number of hydrogen-bond donors (Lipinski definition) is 1. The molecule has 2 N–H and O–H groups in total. The Kier molecular flexibility index (Phi) is 8.17. The van der Waals surface area contributed by atoms with E-state index < -0.39 is 8.32 Å². The number of ketones is 1. The SMILES string of the molecule is Br.CC(C)(C)[Si](C)(C)OCC1CC[C@@H](N)N1CC(=O)c1ccc(F)cc1. The molecule has 7 heteroatoms. The number of rotatable bonds is 6. The Morgan fingerprint density at radius 2 is 1.85 bits per heavy atom. The lowest BCUT2D eigenvalue weighted by Gasteiger charge is -2.38. The van der Waals surface area contributed by atoms with Crippen molar-refractivity contribution < 1.29 is 13.6 Å². The van der Waals surface area contributed by atoms with Crippen molar-refractivity contribution in [3.05, 3.63) is 35.6 Å². The Labute approximate surface area is 168 Å². The van der Waals surface area contributed by atoms with Gasteiger partial charge in [0.15, 0.2) is 14.1 Å². The predicted molar refractivity (Wildman–Crippen MR) is 112 cm³/mol. The normalized spacial score (nSPS) is 21.5. The second kappa shape index (κ2) is 9.06. The van der Waals surface area contributed by atoms with Crippen LogP contribution in [0.5, 0.6) is 0 Å². The van der Waals surface area contributed by atoms with Gasteiger partial charge in [0.25, 0.3) is 0 Å². The first kappa shape index (κ1) is 23.4. The molecular weight excluding hydrogens is 415 g/mol. The number of halogens is 2. The van der Waals surface area contributed by atoms with E-state index in [1.165, 1.54) is 24.3 Å². The van der Waals surface area contributed by atoms with Gasteiger partial charge in [-0.2, -0.15) is 0 Å². The lowest BCUT2D eigenvalue weighted by molar-refractivity contribution is 0.0836. The zero-order chi connectivity index (χ0) is 18.8. The van der Waals surface area contributed by atoms with Crippen LogP contribution in [0.25, 0.3) is 0 Å². The van der Waals surface area contributed by atoms with Gasteiger partial charge in [-0.05, 0) is 55.2 Å². The van der Waals surface area contributed by atoms with E-state index in [1.807, 2.05) is 4.90 Å². The molecule has 2 atom stereocenters. The molecule has 0 aliphatic carbocycles. The molecule has 0 bridgehead atoms. The third-order valence-corrected chi connectivity index (χ3v) is 10.1. The summed E-state index contributed by atoms with van der Waals surface area (Å²) < 4.78 is 19.4. The Bertz CT molecular complexity index is 605. The van der Waals surface area contributed by atoms with E-state index in [4.69, 9.17) is 10.2 Å². The zero-order valence-electron chi connectivity index (χ0n) is 16.4. The highest BCUT2D eigenvalue weighted by Gasteiger charge is 2.39. The molecule has 0 radical (unpaired) electrons. The molecular formula is C19H32BrFN2O2Si. The van der Waals surface area contributed by atoms with Crippen LogP contribution in [-0.2, 0) is 4.43 Å². The highest BCUT2D eigenvalue weighted by molar-refractivity contribution is 8.93. The fourth-order valence-electron chi connectivity index (χ4n) is 2.80. The maximum Gasteiger partial charge on any atom is 0.192 e. The first-order valence-electron chi connectivity index (χ1n) is 8.95. The topological polar surface area (TPSA) is 55.6 Å². The summed E-state index contributed by atoms with van der Waals surface area (Å²) in [5.41, 5.74) is 6.73. The van der Waals surface area contributed by atoms with E-state index >= 15 is 0 Å². The molecule has 1 aromatic rings. The molecule has 0 aromatic heterocycles. The number of benzene rings is 1. The van der Waals surface area contributed by atoms with Crippen molar-refractivity contribution in [3.63, 3.8) is 0 Å². The fraction of sp³-hybridized carbons (Fsp3) is 0.632. The van der Waals surface area contributed by atoms with Gasteiger partial charge in [-0.1, -0.05) is 20.8 Å². The van der Waals surface area contributed by atoms with Gasteiger partial charge in [0.2, 0.25) is 0 Å². The first-order valence-corrected chi connectivity index (χ1v) is 11.9. The van der Waals surface area contributed by atoms with Gasteiger partial charge >= 0.3 is 0 Å². The molecule has 0 spiro atoms. The smallest absolute Gasteiger partial charge is 0.192 e. The lowest BCUT2D eigenvalue weighted by Crippen LogP contribution is -2.49. The number of carbonyl (C=O) groups excluding carboxylic acids is 1. The van der Waals surface area contributed by atoms with Crippen LogP contribution < -0.4 is 5.73 Å². The summed E-state index contributed by atoms with van der Waals surface area (Å²) in [7, 11) is -1.83. The van der Waals surface area contributed by atoms with E-state index in [2.05, 4.69) is 33.9 Å². The summed E-state index contributed by atoms with van der Waals surface area (Å²) in [5.74, 6) is -0.371. The summed E-state index contributed by atoms with van der Waals surface area (Å²) in [5, 5.41) is 0.155. The van der Waals surface area contributed by atoms with Crippen LogP contribution in [-0.4, -0.2) is 44.4 Å². The van der Waals surface area contributed by atoms with Gasteiger partial charge < -0.3 is 10.2 Å². The van der Waals surface area contributed by atoms with Gasteiger partial charge in [0.05, 0.1) is 12.7 Å². The maximum atomic E-state index is 13.0. The van der Waals surface area contributed by atoms with Crippen molar-refractivity contribution >= 4 is 31.1 Å². The van der Waals surface area contributed by atoms with Crippen LogP contribution in [0.1, 0.15) is 44.0 Å². The molecule has 26 heavy (non-hydrogen) atoms. The van der Waals surface area contributed by atoms with E-state index in [0.29, 0.717) is 12.2 Å². The largest absolute Gasteiger partial charge is 0.415 e. The molecule has 2 rings (SSSR count). The standard InChI is InChI=1S/C19H31FN2O2Si.BrH/c1-19(2,3)25(4,5)24-13-16-10-11-18(21)22(16)12-17(23)14-6-8-15(20)9-7-14;/h6-9,16,18H,10-13,21H2,1-5H3;1H/t16?,18-;/m0./s1.